The maximum absolute atomic E-state index is 12.6. The molecular weight excluding hydrogens is 225 g/mol. The minimum atomic E-state index is -0.736. The standard InChI is InChI=1S/C8H9BrFNO/c9-7-3-5(10)1-2-6(7)8(12)4-11/h1-3,8,12H,4,11H2/t8-/m0/s1. The summed E-state index contributed by atoms with van der Waals surface area (Å²) in [6, 6.07) is 4.10. The van der Waals surface area contributed by atoms with Gasteiger partial charge in [-0.2, -0.15) is 0 Å². The summed E-state index contributed by atoms with van der Waals surface area (Å²) in [5, 5.41) is 9.32. The Bertz CT molecular complexity index is 280. The van der Waals surface area contributed by atoms with Crippen LogP contribution < -0.4 is 5.73 Å². The molecule has 0 aliphatic rings. The van der Waals surface area contributed by atoms with Crippen molar-refractivity contribution in [3.8, 4) is 0 Å². The van der Waals surface area contributed by atoms with Gasteiger partial charge in [0, 0.05) is 11.0 Å². The molecule has 66 valence electrons. The van der Waals surface area contributed by atoms with E-state index in [1.54, 1.807) is 0 Å². The fraction of sp³-hybridized carbons (Fsp3) is 0.250. The van der Waals surface area contributed by atoms with Crippen LogP contribution >= 0.6 is 15.9 Å². The van der Waals surface area contributed by atoms with Crippen molar-refractivity contribution in [3.63, 3.8) is 0 Å². The summed E-state index contributed by atoms with van der Waals surface area (Å²) in [6.45, 7) is 0.129. The lowest BCUT2D eigenvalue weighted by Crippen LogP contribution is -2.11. The van der Waals surface area contributed by atoms with E-state index in [0.717, 1.165) is 0 Å². The Labute approximate surface area is 78.3 Å². The third-order valence-corrected chi connectivity index (χ3v) is 2.23. The molecule has 1 rings (SSSR count). The highest BCUT2D eigenvalue weighted by atomic mass is 79.9. The highest BCUT2D eigenvalue weighted by Crippen LogP contribution is 2.23. The SMILES string of the molecule is NC[C@H](O)c1ccc(F)cc1Br. The number of aliphatic hydroxyl groups is 1. The molecule has 0 saturated heterocycles. The van der Waals surface area contributed by atoms with Gasteiger partial charge in [0.1, 0.15) is 5.82 Å². The summed E-state index contributed by atoms with van der Waals surface area (Å²) in [7, 11) is 0. The van der Waals surface area contributed by atoms with E-state index in [0.29, 0.717) is 10.0 Å². The Morgan fingerprint density at radius 3 is 2.75 bits per heavy atom. The third kappa shape index (κ3) is 2.03. The molecule has 2 nitrogen and oxygen atoms in total. The van der Waals surface area contributed by atoms with Gasteiger partial charge in [0.15, 0.2) is 0 Å². The molecule has 0 aromatic heterocycles. The molecular formula is C8H9BrFNO. The number of rotatable bonds is 2. The maximum atomic E-state index is 12.6. The Morgan fingerprint density at radius 2 is 2.25 bits per heavy atom. The number of aliphatic hydroxyl groups excluding tert-OH is 1. The number of hydrogen-bond donors (Lipinski definition) is 2. The fourth-order valence-electron chi connectivity index (χ4n) is 0.899. The normalized spacial score (nSPS) is 13.0. The van der Waals surface area contributed by atoms with Crippen LogP contribution in [-0.2, 0) is 0 Å². The van der Waals surface area contributed by atoms with Gasteiger partial charge in [-0.3, -0.25) is 0 Å². The van der Waals surface area contributed by atoms with Crippen LogP contribution in [0.2, 0.25) is 0 Å². The molecule has 0 fully saturated rings. The van der Waals surface area contributed by atoms with Crippen molar-refractivity contribution < 1.29 is 9.50 Å². The Hall–Kier alpha value is -0.450. The van der Waals surface area contributed by atoms with E-state index in [4.69, 9.17) is 5.73 Å². The van der Waals surface area contributed by atoms with Gasteiger partial charge in [-0.05, 0) is 17.7 Å². The van der Waals surface area contributed by atoms with E-state index in [9.17, 15) is 9.50 Å². The van der Waals surface area contributed by atoms with Gasteiger partial charge in [-0.15, -0.1) is 0 Å². The van der Waals surface area contributed by atoms with E-state index in [1.165, 1.54) is 18.2 Å². The molecule has 1 aromatic carbocycles. The predicted octanol–water partition coefficient (Wildman–Crippen LogP) is 1.58. The van der Waals surface area contributed by atoms with Crippen LogP contribution in [-0.4, -0.2) is 11.7 Å². The molecule has 0 radical (unpaired) electrons. The first kappa shape index (κ1) is 9.64. The quantitative estimate of drug-likeness (QED) is 0.815. The van der Waals surface area contributed by atoms with Crippen LogP contribution in [0.15, 0.2) is 22.7 Å². The second kappa shape index (κ2) is 3.98. The van der Waals surface area contributed by atoms with Gasteiger partial charge in [0.25, 0.3) is 0 Å². The van der Waals surface area contributed by atoms with Crippen molar-refractivity contribution in [1.29, 1.82) is 0 Å². The summed E-state index contributed by atoms with van der Waals surface area (Å²) < 4.78 is 13.1. The molecule has 0 aliphatic heterocycles. The molecule has 0 spiro atoms. The lowest BCUT2D eigenvalue weighted by atomic mass is 10.1. The first-order chi connectivity index (χ1) is 5.65. The van der Waals surface area contributed by atoms with E-state index in [-0.39, 0.29) is 12.4 Å². The third-order valence-electron chi connectivity index (χ3n) is 1.54. The Kier molecular flexibility index (Phi) is 3.20. The molecule has 0 saturated carbocycles. The molecule has 4 heteroatoms. The largest absolute Gasteiger partial charge is 0.387 e. The fourth-order valence-corrected chi connectivity index (χ4v) is 1.51. The van der Waals surface area contributed by atoms with Crippen molar-refractivity contribution in [3.05, 3.63) is 34.1 Å². The first-order valence-corrected chi connectivity index (χ1v) is 4.27. The van der Waals surface area contributed by atoms with Crippen LogP contribution in [0.1, 0.15) is 11.7 Å². The van der Waals surface area contributed by atoms with Gasteiger partial charge in [-0.1, -0.05) is 22.0 Å². The highest BCUT2D eigenvalue weighted by Gasteiger charge is 2.09. The predicted molar refractivity (Wildman–Crippen MR) is 48.1 cm³/mol. The van der Waals surface area contributed by atoms with Crippen molar-refractivity contribution in [2.75, 3.05) is 6.54 Å². The zero-order chi connectivity index (χ0) is 9.14. The number of hydrogen-bond acceptors (Lipinski definition) is 2. The zero-order valence-corrected chi connectivity index (χ0v) is 7.88. The lowest BCUT2D eigenvalue weighted by Gasteiger charge is -2.09. The molecule has 0 unspecified atom stereocenters. The van der Waals surface area contributed by atoms with Gasteiger partial charge in [0.2, 0.25) is 0 Å². The molecule has 0 aliphatic carbocycles. The minimum Gasteiger partial charge on any atom is -0.387 e. The highest BCUT2D eigenvalue weighted by molar-refractivity contribution is 9.10. The number of nitrogens with two attached hydrogens (primary N) is 1. The summed E-state index contributed by atoms with van der Waals surface area (Å²) in [4.78, 5) is 0. The van der Waals surface area contributed by atoms with Gasteiger partial charge < -0.3 is 10.8 Å². The van der Waals surface area contributed by atoms with Crippen LogP contribution in [0.3, 0.4) is 0 Å². The molecule has 12 heavy (non-hydrogen) atoms. The average molecular weight is 234 g/mol. The summed E-state index contributed by atoms with van der Waals surface area (Å²) in [5.41, 5.74) is 5.86. The van der Waals surface area contributed by atoms with Crippen LogP contribution in [0, 0.1) is 5.82 Å². The first-order valence-electron chi connectivity index (χ1n) is 3.48. The van der Waals surface area contributed by atoms with Crippen molar-refractivity contribution in [1.82, 2.24) is 0 Å². The van der Waals surface area contributed by atoms with Crippen molar-refractivity contribution in [2.24, 2.45) is 5.73 Å². The zero-order valence-electron chi connectivity index (χ0n) is 6.30. The Balaban J connectivity index is 3.01. The summed E-state index contributed by atoms with van der Waals surface area (Å²) in [5.74, 6) is -0.338. The monoisotopic (exact) mass is 233 g/mol. The topological polar surface area (TPSA) is 46.2 Å². The van der Waals surface area contributed by atoms with E-state index >= 15 is 0 Å². The van der Waals surface area contributed by atoms with Crippen LogP contribution in [0.4, 0.5) is 4.39 Å². The van der Waals surface area contributed by atoms with Gasteiger partial charge >= 0.3 is 0 Å². The molecule has 1 atom stereocenters. The molecule has 1 aromatic rings. The second-order valence-corrected chi connectivity index (χ2v) is 3.27. The number of halogens is 2. The number of benzene rings is 1. The Morgan fingerprint density at radius 1 is 1.58 bits per heavy atom. The molecule has 0 heterocycles. The second-order valence-electron chi connectivity index (χ2n) is 2.42. The summed E-state index contributed by atoms with van der Waals surface area (Å²) >= 11 is 3.13. The van der Waals surface area contributed by atoms with Crippen LogP contribution in [0.25, 0.3) is 0 Å². The van der Waals surface area contributed by atoms with E-state index in [1.807, 2.05) is 0 Å². The van der Waals surface area contributed by atoms with Crippen molar-refractivity contribution >= 4 is 15.9 Å². The van der Waals surface area contributed by atoms with Crippen LogP contribution in [0.5, 0.6) is 0 Å². The van der Waals surface area contributed by atoms with Crippen molar-refractivity contribution in [2.45, 2.75) is 6.10 Å². The van der Waals surface area contributed by atoms with Gasteiger partial charge in [-0.25, -0.2) is 4.39 Å². The van der Waals surface area contributed by atoms with Gasteiger partial charge in [0.05, 0.1) is 6.10 Å². The molecule has 0 amide bonds. The molecule has 0 bridgehead atoms. The van der Waals surface area contributed by atoms with E-state index in [2.05, 4.69) is 15.9 Å². The summed E-state index contributed by atoms with van der Waals surface area (Å²) in [6.07, 6.45) is -0.736. The maximum Gasteiger partial charge on any atom is 0.124 e. The minimum absolute atomic E-state index is 0.129. The molecule has 3 N–H and O–H groups in total. The smallest absolute Gasteiger partial charge is 0.124 e. The average Bonchev–Trinajstić information content (AvgIpc) is 2.03. The van der Waals surface area contributed by atoms with E-state index < -0.39 is 6.10 Å². The lowest BCUT2D eigenvalue weighted by molar-refractivity contribution is 0.186.